The van der Waals surface area contributed by atoms with Crippen molar-refractivity contribution >= 4 is 38.8 Å². The summed E-state index contributed by atoms with van der Waals surface area (Å²) in [6.45, 7) is 10.8. The van der Waals surface area contributed by atoms with Gasteiger partial charge in [0.15, 0.2) is 5.78 Å². The van der Waals surface area contributed by atoms with Crippen LogP contribution >= 0.6 is 11.6 Å². The monoisotopic (exact) mass is 586 g/mol. The molecular weight excluding hydrogens is 555 g/mol. The second-order valence-electron chi connectivity index (χ2n) is 11.8. The predicted octanol–water partition coefficient (Wildman–Crippen LogP) is 5.59. The van der Waals surface area contributed by atoms with Crippen LogP contribution in [-0.4, -0.2) is 48.8 Å². The highest BCUT2D eigenvalue weighted by Gasteiger charge is 2.57. The number of fused-ring (bicyclic) bond motifs is 1. The van der Waals surface area contributed by atoms with Gasteiger partial charge in [-0.1, -0.05) is 17.7 Å². The molecule has 11 heteroatoms. The average molecular weight is 587 g/mol. The first-order chi connectivity index (χ1) is 18.5. The zero-order valence-electron chi connectivity index (χ0n) is 23.4. The van der Waals surface area contributed by atoms with Crippen molar-refractivity contribution in [3.05, 3.63) is 63.7 Å². The molecule has 212 valence electrons. The van der Waals surface area contributed by atoms with Crippen LogP contribution in [-0.2, 0) is 31.2 Å². The van der Waals surface area contributed by atoms with E-state index in [1.54, 1.807) is 47.6 Å². The highest BCUT2D eigenvalue weighted by molar-refractivity contribution is 7.96. The van der Waals surface area contributed by atoms with E-state index >= 15 is 4.39 Å². The number of aromatic nitrogens is 1. The van der Waals surface area contributed by atoms with E-state index in [1.165, 1.54) is 24.4 Å². The third-order valence-corrected chi connectivity index (χ3v) is 11.4. The van der Waals surface area contributed by atoms with Crippen molar-refractivity contribution in [2.24, 2.45) is 9.36 Å². The first-order valence-electron chi connectivity index (χ1n) is 12.9. The summed E-state index contributed by atoms with van der Waals surface area (Å²) >= 11 is 6.18. The number of ketones is 1. The molecule has 0 amide bonds. The SMILES string of the molecule is CC(C)(C)OC(=O)CC1=N[C@](C)(c2cc(CC(=O)c3ncc(C#N)cc3Cl)ccc2F)[C@@H]2CCN=[S@]2(=O)C1(C)C. The van der Waals surface area contributed by atoms with Crippen LogP contribution in [0, 0.1) is 17.1 Å². The van der Waals surface area contributed by atoms with E-state index in [4.69, 9.17) is 26.6 Å². The van der Waals surface area contributed by atoms with Crippen LogP contribution in [0.3, 0.4) is 0 Å². The zero-order chi connectivity index (χ0) is 29.7. The maximum Gasteiger partial charge on any atom is 0.312 e. The van der Waals surface area contributed by atoms with Crippen molar-refractivity contribution in [1.29, 1.82) is 5.26 Å². The van der Waals surface area contributed by atoms with Crippen LogP contribution in [0.2, 0.25) is 5.02 Å². The maximum absolute atomic E-state index is 15.6. The molecule has 1 aromatic carbocycles. The van der Waals surface area contributed by atoms with Crippen LogP contribution in [0.15, 0.2) is 39.8 Å². The minimum Gasteiger partial charge on any atom is -0.460 e. The second-order valence-corrected chi connectivity index (χ2v) is 15.2. The summed E-state index contributed by atoms with van der Waals surface area (Å²) in [5, 5.41) is 8.48. The zero-order valence-corrected chi connectivity index (χ0v) is 25.0. The molecule has 3 atom stereocenters. The van der Waals surface area contributed by atoms with Crippen LogP contribution in [0.25, 0.3) is 0 Å². The standard InChI is InChI=1S/C29H32ClFN4O4S/c1-27(2,3)39-25(37)14-23-28(4,5)40(38)24(9-10-34-40)29(6,35-23)19-11-17(7-8-21(19)31)13-22(36)26-20(30)12-18(15-32)16-33-26/h7-8,11-12,16,24H,9-10,13-14H2,1-6H3/t24-,29+,40+/m0/s1. The molecule has 1 aromatic heterocycles. The molecule has 8 nitrogen and oxygen atoms in total. The van der Waals surface area contributed by atoms with Gasteiger partial charge in [0.25, 0.3) is 0 Å². The van der Waals surface area contributed by atoms with E-state index in [2.05, 4.69) is 9.35 Å². The van der Waals surface area contributed by atoms with Crippen molar-refractivity contribution in [2.45, 2.75) is 81.9 Å². The van der Waals surface area contributed by atoms with Crippen LogP contribution < -0.4 is 0 Å². The van der Waals surface area contributed by atoms with Crippen LogP contribution in [0.4, 0.5) is 4.39 Å². The number of pyridine rings is 1. The Bertz CT molecular complexity index is 1600. The number of carbonyl (C=O) groups excluding carboxylic acids is 2. The number of hydrogen-bond acceptors (Lipinski definition) is 8. The summed E-state index contributed by atoms with van der Waals surface area (Å²) in [4.78, 5) is 34.8. The van der Waals surface area contributed by atoms with Crippen molar-refractivity contribution in [3.63, 3.8) is 0 Å². The van der Waals surface area contributed by atoms with E-state index < -0.39 is 48.4 Å². The summed E-state index contributed by atoms with van der Waals surface area (Å²) in [5.41, 5.74) is -0.801. The maximum atomic E-state index is 15.6. The molecule has 0 N–H and O–H groups in total. The number of ether oxygens (including phenoxy) is 1. The molecule has 0 aliphatic carbocycles. The van der Waals surface area contributed by atoms with Gasteiger partial charge in [0.2, 0.25) is 0 Å². The van der Waals surface area contributed by atoms with Gasteiger partial charge >= 0.3 is 5.97 Å². The van der Waals surface area contributed by atoms with Crippen LogP contribution in [0.5, 0.6) is 0 Å². The lowest BCUT2D eigenvalue weighted by Crippen LogP contribution is -2.56. The summed E-state index contributed by atoms with van der Waals surface area (Å²) in [6, 6.07) is 7.58. The Morgan fingerprint density at radius 2 is 1.93 bits per heavy atom. The number of hydrogen-bond donors (Lipinski definition) is 0. The Hall–Kier alpha value is -3.16. The van der Waals surface area contributed by atoms with Crippen molar-refractivity contribution < 1.29 is 22.9 Å². The first kappa shape index (κ1) is 29.8. The quantitative estimate of drug-likeness (QED) is 0.321. The number of nitriles is 1. The van der Waals surface area contributed by atoms with Gasteiger partial charge in [0.1, 0.15) is 28.7 Å². The molecule has 40 heavy (non-hydrogen) atoms. The number of halogens is 2. The Kier molecular flexibility index (Phi) is 7.71. The van der Waals surface area contributed by atoms with Gasteiger partial charge < -0.3 is 4.74 Å². The highest BCUT2D eigenvalue weighted by atomic mass is 35.5. The summed E-state index contributed by atoms with van der Waals surface area (Å²) < 4.78 is 39.1. The van der Waals surface area contributed by atoms with Gasteiger partial charge in [0, 0.05) is 30.4 Å². The molecule has 0 fully saturated rings. The predicted molar refractivity (Wildman–Crippen MR) is 152 cm³/mol. The Balaban J connectivity index is 1.77. The van der Waals surface area contributed by atoms with Gasteiger partial charge in [-0.3, -0.25) is 19.6 Å². The lowest BCUT2D eigenvalue weighted by Gasteiger charge is -2.46. The van der Waals surface area contributed by atoms with Gasteiger partial charge in [0.05, 0.1) is 36.7 Å². The number of nitrogens with zero attached hydrogens (tertiary/aromatic N) is 4. The smallest absolute Gasteiger partial charge is 0.312 e. The number of aliphatic imine (C=N–C) groups is 1. The van der Waals surface area contributed by atoms with Crippen LogP contribution in [0.1, 0.15) is 81.6 Å². The largest absolute Gasteiger partial charge is 0.460 e. The first-order valence-corrected chi connectivity index (χ1v) is 14.9. The molecule has 4 rings (SSSR count). The summed E-state index contributed by atoms with van der Waals surface area (Å²) in [7, 11) is -2.98. The van der Waals surface area contributed by atoms with E-state index in [-0.39, 0.29) is 34.7 Å². The van der Waals surface area contributed by atoms with Gasteiger partial charge in [-0.05, 0) is 71.7 Å². The van der Waals surface area contributed by atoms with Gasteiger partial charge in [-0.25, -0.2) is 13.0 Å². The van der Waals surface area contributed by atoms with Crippen molar-refractivity contribution in [1.82, 2.24) is 4.98 Å². The lowest BCUT2D eigenvalue weighted by molar-refractivity contribution is -0.153. The van der Waals surface area contributed by atoms with Gasteiger partial charge in [-0.2, -0.15) is 5.26 Å². The third kappa shape index (κ3) is 5.29. The van der Waals surface area contributed by atoms with E-state index in [9.17, 15) is 13.8 Å². The molecule has 2 aliphatic rings. The molecule has 0 unspecified atom stereocenters. The molecule has 0 saturated heterocycles. The topological polar surface area (TPSA) is 122 Å². The molecular formula is C29H32ClFN4O4S. The minimum atomic E-state index is -2.98. The highest BCUT2D eigenvalue weighted by Crippen LogP contribution is 2.49. The summed E-state index contributed by atoms with van der Waals surface area (Å²) in [5.74, 6) is -1.49. The van der Waals surface area contributed by atoms with E-state index in [1.807, 2.05) is 6.07 Å². The molecule has 0 radical (unpaired) electrons. The fourth-order valence-electron chi connectivity index (χ4n) is 5.36. The fraction of sp³-hybridized carbons (Fsp3) is 0.483. The van der Waals surface area contributed by atoms with E-state index in [0.29, 0.717) is 24.2 Å². The fourth-order valence-corrected chi connectivity index (χ4v) is 8.91. The van der Waals surface area contributed by atoms with Crippen molar-refractivity contribution in [3.8, 4) is 6.07 Å². The molecule has 0 spiro atoms. The van der Waals surface area contributed by atoms with Crippen molar-refractivity contribution in [2.75, 3.05) is 6.54 Å². The molecule has 2 aliphatic heterocycles. The number of carbonyl (C=O) groups is 2. The summed E-state index contributed by atoms with van der Waals surface area (Å²) in [6.07, 6.45) is 1.37. The lowest BCUT2D eigenvalue weighted by atomic mass is 9.84. The van der Waals surface area contributed by atoms with Gasteiger partial charge in [-0.15, -0.1) is 0 Å². The molecule has 3 heterocycles. The minimum absolute atomic E-state index is 0.00690. The Morgan fingerprint density at radius 3 is 2.55 bits per heavy atom. The Morgan fingerprint density at radius 1 is 1.23 bits per heavy atom. The molecule has 2 aromatic rings. The number of Topliss-reactive ketones (excluding diaryl/α,β-unsaturated/α-hetero) is 1. The Labute approximate surface area is 239 Å². The van der Waals surface area contributed by atoms with E-state index in [0.717, 1.165) is 0 Å². The normalized spacial score (nSPS) is 25.3. The average Bonchev–Trinajstić information content (AvgIpc) is 3.27. The molecule has 0 saturated carbocycles. The third-order valence-electron chi connectivity index (χ3n) is 7.39. The number of esters is 1. The second kappa shape index (κ2) is 10.3. The number of benzene rings is 1. The number of rotatable bonds is 6. The molecule has 0 bridgehead atoms.